The van der Waals surface area contributed by atoms with E-state index in [4.69, 9.17) is 4.74 Å². The third-order valence-electron chi connectivity index (χ3n) is 3.39. The Morgan fingerprint density at radius 1 is 1.25 bits per heavy atom. The first-order chi connectivity index (χ1) is 11.5. The van der Waals surface area contributed by atoms with E-state index in [1.54, 1.807) is 7.05 Å². The maximum absolute atomic E-state index is 11.9. The Morgan fingerprint density at radius 3 is 2.62 bits per heavy atom. The van der Waals surface area contributed by atoms with Crippen molar-refractivity contribution in [3.05, 3.63) is 33.9 Å². The summed E-state index contributed by atoms with van der Waals surface area (Å²) in [5.74, 6) is -1.16. The van der Waals surface area contributed by atoms with Crippen LogP contribution < -0.4 is 10.6 Å². The van der Waals surface area contributed by atoms with Gasteiger partial charge in [-0.25, -0.2) is 4.79 Å². The quantitative estimate of drug-likeness (QED) is 0.294. The number of hydrogen-bond donors (Lipinski definition) is 2. The van der Waals surface area contributed by atoms with Crippen molar-refractivity contribution in [3.63, 3.8) is 0 Å². The van der Waals surface area contributed by atoms with Crippen molar-refractivity contribution in [1.29, 1.82) is 0 Å². The summed E-state index contributed by atoms with van der Waals surface area (Å²) in [4.78, 5) is 33.8. The van der Waals surface area contributed by atoms with Gasteiger partial charge in [0.25, 0.3) is 11.6 Å². The van der Waals surface area contributed by atoms with E-state index in [9.17, 15) is 19.7 Å². The second-order valence-electron chi connectivity index (χ2n) is 5.23. The SMILES string of the molecule is CCCCCCNC(=O)COC(=O)c1ccc(NC)c([N+](=O)[O-])c1. The molecule has 1 aromatic carbocycles. The molecule has 0 unspecified atom stereocenters. The molecule has 0 aliphatic heterocycles. The molecule has 1 rings (SSSR count). The molecule has 0 fully saturated rings. The number of ether oxygens (including phenoxy) is 1. The number of amides is 1. The molecule has 0 bridgehead atoms. The topological polar surface area (TPSA) is 111 Å². The smallest absolute Gasteiger partial charge is 0.338 e. The van der Waals surface area contributed by atoms with Crippen molar-refractivity contribution < 1.29 is 19.2 Å². The molecule has 24 heavy (non-hydrogen) atoms. The van der Waals surface area contributed by atoms with Gasteiger partial charge >= 0.3 is 5.97 Å². The Labute approximate surface area is 140 Å². The zero-order valence-electron chi connectivity index (χ0n) is 14.0. The van der Waals surface area contributed by atoms with Gasteiger partial charge in [0.2, 0.25) is 0 Å². The second-order valence-corrected chi connectivity index (χ2v) is 5.23. The zero-order valence-corrected chi connectivity index (χ0v) is 14.0. The van der Waals surface area contributed by atoms with Gasteiger partial charge in [-0.2, -0.15) is 0 Å². The largest absolute Gasteiger partial charge is 0.452 e. The van der Waals surface area contributed by atoms with Crippen LogP contribution in [-0.4, -0.2) is 37.0 Å². The molecule has 0 saturated carbocycles. The number of rotatable bonds is 10. The molecule has 1 aromatic rings. The number of nitrogens with one attached hydrogen (secondary N) is 2. The number of benzene rings is 1. The molecule has 1 amide bonds. The lowest BCUT2D eigenvalue weighted by Gasteiger charge is -2.07. The maximum atomic E-state index is 11.9. The summed E-state index contributed by atoms with van der Waals surface area (Å²) >= 11 is 0. The van der Waals surface area contributed by atoms with Crippen LogP contribution in [-0.2, 0) is 9.53 Å². The first-order valence-electron chi connectivity index (χ1n) is 7.89. The molecule has 2 N–H and O–H groups in total. The van der Waals surface area contributed by atoms with Gasteiger partial charge in [-0.05, 0) is 18.6 Å². The number of nitrogens with zero attached hydrogens (tertiary/aromatic N) is 1. The summed E-state index contributed by atoms with van der Waals surface area (Å²) in [7, 11) is 1.55. The van der Waals surface area contributed by atoms with Crippen LogP contribution in [0.15, 0.2) is 18.2 Å². The summed E-state index contributed by atoms with van der Waals surface area (Å²) in [5.41, 5.74) is 0.0881. The highest BCUT2D eigenvalue weighted by molar-refractivity contribution is 5.93. The van der Waals surface area contributed by atoms with Gasteiger partial charge in [-0.1, -0.05) is 26.2 Å². The van der Waals surface area contributed by atoms with E-state index >= 15 is 0 Å². The summed E-state index contributed by atoms with van der Waals surface area (Å²) < 4.78 is 4.88. The molecule has 0 aromatic heterocycles. The van der Waals surface area contributed by atoms with Crippen molar-refractivity contribution in [1.82, 2.24) is 5.32 Å². The lowest BCUT2D eigenvalue weighted by molar-refractivity contribution is -0.384. The molecule has 0 radical (unpaired) electrons. The minimum absolute atomic E-state index is 0.0245. The number of esters is 1. The Balaban J connectivity index is 2.49. The highest BCUT2D eigenvalue weighted by Crippen LogP contribution is 2.25. The molecule has 0 heterocycles. The van der Waals surface area contributed by atoms with E-state index < -0.39 is 17.5 Å². The van der Waals surface area contributed by atoms with E-state index in [1.165, 1.54) is 12.1 Å². The number of unbranched alkanes of at least 4 members (excludes halogenated alkanes) is 3. The van der Waals surface area contributed by atoms with Crippen LogP contribution in [0.5, 0.6) is 0 Å². The first kappa shape index (κ1) is 19.4. The number of carbonyl (C=O) groups is 2. The molecule has 0 aliphatic rings. The number of anilines is 1. The minimum atomic E-state index is -0.776. The Morgan fingerprint density at radius 2 is 2.00 bits per heavy atom. The fourth-order valence-electron chi connectivity index (χ4n) is 2.07. The van der Waals surface area contributed by atoms with Crippen molar-refractivity contribution in [2.24, 2.45) is 0 Å². The lowest BCUT2D eigenvalue weighted by atomic mass is 10.1. The van der Waals surface area contributed by atoms with Crippen LogP contribution in [0.3, 0.4) is 0 Å². The number of carbonyl (C=O) groups excluding carboxylic acids is 2. The second kappa shape index (κ2) is 10.2. The van der Waals surface area contributed by atoms with Crippen LogP contribution in [0.1, 0.15) is 43.0 Å². The summed E-state index contributed by atoms with van der Waals surface area (Å²) in [6.07, 6.45) is 4.15. The summed E-state index contributed by atoms with van der Waals surface area (Å²) in [6.45, 7) is 2.23. The Kier molecular flexibility index (Phi) is 8.24. The average molecular weight is 337 g/mol. The molecule has 132 valence electrons. The van der Waals surface area contributed by atoms with Gasteiger partial charge in [0, 0.05) is 19.7 Å². The van der Waals surface area contributed by atoms with Crippen LogP contribution in [0, 0.1) is 10.1 Å². The first-order valence-corrected chi connectivity index (χ1v) is 7.89. The highest BCUT2D eigenvalue weighted by atomic mass is 16.6. The predicted molar refractivity (Wildman–Crippen MR) is 90.1 cm³/mol. The molecule has 8 nitrogen and oxygen atoms in total. The van der Waals surface area contributed by atoms with Gasteiger partial charge in [0.1, 0.15) is 5.69 Å². The number of hydrogen-bond acceptors (Lipinski definition) is 6. The molecule has 8 heteroatoms. The Bertz CT molecular complexity index is 589. The van der Waals surface area contributed by atoms with Crippen molar-refractivity contribution in [3.8, 4) is 0 Å². The number of nitro benzene ring substituents is 1. The van der Waals surface area contributed by atoms with Crippen LogP contribution in [0.2, 0.25) is 0 Å². The normalized spacial score (nSPS) is 10.1. The van der Waals surface area contributed by atoms with E-state index in [1.807, 2.05) is 0 Å². The molecular formula is C16H23N3O5. The van der Waals surface area contributed by atoms with Gasteiger partial charge in [-0.3, -0.25) is 14.9 Å². The van der Waals surface area contributed by atoms with E-state index in [-0.39, 0.29) is 17.2 Å². The molecule has 0 aliphatic carbocycles. The minimum Gasteiger partial charge on any atom is -0.452 e. The van der Waals surface area contributed by atoms with Gasteiger partial charge in [0.15, 0.2) is 6.61 Å². The maximum Gasteiger partial charge on any atom is 0.338 e. The third kappa shape index (κ3) is 6.23. The number of nitro groups is 1. The standard InChI is InChI=1S/C16H23N3O5/c1-3-4-5-6-9-18-15(20)11-24-16(21)12-7-8-13(17-2)14(10-12)19(22)23/h7-8,10,17H,3-6,9,11H2,1-2H3,(H,18,20). The average Bonchev–Trinajstić information content (AvgIpc) is 2.58. The molecular weight excluding hydrogens is 314 g/mol. The van der Waals surface area contributed by atoms with E-state index in [0.717, 1.165) is 31.7 Å². The van der Waals surface area contributed by atoms with Crippen molar-refractivity contribution in [2.75, 3.05) is 25.5 Å². The van der Waals surface area contributed by atoms with Crippen molar-refractivity contribution in [2.45, 2.75) is 32.6 Å². The monoisotopic (exact) mass is 337 g/mol. The molecule has 0 saturated heterocycles. The van der Waals surface area contributed by atoms with Crippen LogP contribution in [0.4, 0.5) is 11.4 Å². The zero-order chi connectivity index (χ0) is 17.9. The van der Waals surface area contributed by atoms with Crippen LogP contribution >= 0.6 is 0 Å². The Hall–Kier alpha value is -2.64. The van der Waals surface area contributed by atoms with Gasteiger partial charge in [-0.15, -0.1) is 0 Å². The fourth-order valence-corrected chi connectivity index (χ4v) is 2.07. The van der Waals surface area contributed by atoms with Crippen molar-refractivity contribution >= 4 is 23.3 Å². The van der Waals surface area contributed by atoms with E-state index in [0.29, 0.717) is 12.2 Å². The fraction of sp³-hybridized carbons (Fsp3) is 0.500. The van der Waals surface area contributed by atoms with E-state index in [2.05, 4.69) is 17.6 Å². The van der Waals surface area contributed by atoms with Crippen LogP contribution in [0.25, 0.3) is 0 Å². The summed E-state index contributed by atoms with van der Waals surface area (Å²) in [5, 5.41) is 16.3. The van der Waals surface area contributed by atoms with Gasteiger partial charge in [0.05, 0.1) is 10.5 Å². The third-order valence-corrected chi connectivity index (χ3v) is 3.39. The predicted octanol–water partition coefficient (Wildman–Crippen LogP) is 2.49. The molecule has 0 atom stereocenters. The highest BCUT2D eigenvalue weighted by Gasteiger charge is 2.18. The lowest BCUT2D eigenvalue weighted by Crippen LogP contribution is -2.29. The molecule has 0 spiro atoms. The summed E-state index contributed by atoms with van der Waals surface area (Å²) in [6, 6.07) is 3.95. The van der Waals surface area contributed by atoms with Gasteiger partial charge < -0.3 is 15.4 Å².